The molecule has 6 nitrogen and oxygen atoms in total. The lowest BCUT2D eigenvalue weighted by Crippen LogP contribution is -2.43. The van der Waals surface area contributed by atoms with Crippen molar-refractivity contribution in [3.63, 3.8) is 0 Å². The van der Waals surface area contributed by atoms with Gasteiger partial charge in [-0.05, 0) is 48.8 Å². The van der Waals surface area contributed by atoms with Gasteiger partial charge in [0, 0.05) is 31.8 Å². The molecule has 2 fully saturated rings. The molecule has 1 aromatic heterocycles. The second kappa shape index (κ2) is 6.84. The summed E-state index contributed by atoms with van der Waals surface area (Å²) in [6.45, 7) is 5.35. The average molecular weight is 389 g/mol. The number of aryl methyl sites for hydroxylation is 1. The maximum absolute atomic E-state index is 13.1. The highest BCUT2D eigenvalue weighted by Gasteiger charge is 2.38. The van der Waals surface area contributed by atoms with Gasteiger partial charge in [-0.15, -0.1) is 0 Å². The first-order valence-corrected chi connectivity index (χ1v) is 9.74. The first kappa shape index (κ1) is 18.3. The van der Waals surface area contributed by atoms with Crippen LogP contribution in [0.5, 0.6) is 0 Å². The Morgan fingerprint density at radius 3 is 2.63 bits per heavy atom. The smallest absolute Gasteiger partial charge is 0.264 e. The third-order valence-electron chi connectivity index (χ3n) is 6.05. The third-order valence-corrected chi connectivity index (χ3v) is 6.45. The van der Waals surface area contributed by atoms with Gasteiger partial charge in [-0.25, -0.2) is 0 Å². The van der Waals surface area contributed by atoms with Crippen molar-refractivity contribution >= 4 is 23.4 Å². The minimum atomic E-state index is -0.151. The van der Waals surface area contributed by atoms with Crippen molar-refractivity contribution in [1.82, 2.24) is 9.55 Å². The molecule has 2 saturated heterocycles. The molecule has 1 aromatic carbocycles. The SMILES string of the molecule is Cc1ccc(-c2c(N)nc(N3CCC4(CCOC4)CC3)n(C)c2=O)cc1Cl. The third kappa shape index (κ3) is 3.21. The van der Waals surface area contributed by atoms with Crippen LogP contribution in [0.4, 0.5) is 11.8 Å². The molecule has 4 rings (SSSR count). The maximum atomic E-state index is 13.1. The number of benzene rings is 1. The van der Waals surface area contributed by atoms with Gasteiger partial charge in [0.05, 0.1) is 12.2 Å². The number of nitrogens with zero attached hydrogens (tertiary/aromatic N) is 3. The summed E-state index contributed by atoms with van der Waals surface area (Å²) in [6, 6.07) is 5.52. The summed E-state index contributed by atoms with van der Waals surface area (Å²) in [7, 11) is 1.76. The van der Waals surface area contributed by atoms with Gasteiger partial charge in [0.1, 0.15) is 5.82 Å². The monoisotopic (exact) mass is 388 g/mol. The van der Waals surface area contributed by atoms with E-state index in [2.05, 4.69) is 9.88 Å². The minimum absolute atomic E-state index is 0.151. The molecule has 2 aliphatic rings. The topological polar surface area (TPSA) is 73.4 Å². The fraction of sp³-hybridized carbons (Fsp3) is 0.500. The summed E-state index contributed by atoms with van der Waals surface area (Å²) < 4.78 is 7.20. The Balaban J connectivity index is 1.66. The lowest BCUT2D eigenvalue weighted by Gasteiger charge is -2.39. The molecule has 27 heavy (non-hydrogen) atoms. The maximum Gasteiger partial charge on any atom is 0.264 e. The Bertz CT molecular complexity index is 924. The van der Waals surface area contributed by atoms with Gasteiger partial charge in [0.15, 0.2) is 0 Å². The number of nitrogens with two attached hydrogens (primary N) is 1. The van der Waals surface area contributed by atoms with Gasteiger partial charge in [-0.3, -0.25) is 9.36 Å². The molecule has 0 saturated carbocycles. The zero-order valence-electron chi connectivity index (χ0n) is 15.8. The van der Waals surface area contributed by atoms with E-state index < -0.39 is 0 Å². The number of hydrogen-bond acceptors (Lipinski definition) is 5. The Kier molecular flexibility index (Phi) is 4.64. The number of nitrogen functional groups attached to an aromatic ring is 1. The number of aromatic nitrogens is 2. The Hall–Kier alpha value is -2.05. The van der Waals surface area contributed by atoms with Crippen LogP contribution in [0.2, 0.25) is 5.02 Å². The Morgan fingerprint density at radius 1 is 1.26 bits per heavy atom. The largest absolute Gasteiger partial charge is 0.383 e. The first-order valence-electron chi connectivity index (χ1n) is 9.36. The second-order valence-corrected chi connectivity index (χ2v) is 8.20. The summed E-state index contributed by atoms with van der Waals surface area (Å²) in [6.07, 6.45) is 3.23. The number of hydrogen-bond donors (Lipinski definition) is 1. The predicted molar refractivity (Wildman–Crippen MR) is 108 cm³/mol. The molecular formula is C20H25ClN4O2. The van der Waals surface area contributed by atoms with E-state index >= 15 is 0 Å². The lowest BCUT2D eigenvalue weighted by atomic mass is 9.78. The summed E-state index contributed by atoms with van der Waals surface area (Å²) in [5.41, 5.74) is 8.43. The summed E-state index contributed by atoms with van der Waals surface area (Å²) in [5.74, 6) is 0.880. The van der Waals surface area contributed by atoms with Gasteiger partial charge >= 0.3 is 0 Å². The van der Waals surface area contributed by atoms with E-state index in [-0.39, 0.29) is 11.4 Å². The van der Waals surface area contributed by atoms with Crippen molar-refractivity contribution < 1.29 is 4.74 Å². The van der Waals surface area contributed by atoms with Crippen molar-refractivity contribution in [2.24, 2.45) is 12.5 Å². The molecule has 1 spiro atoms. The van der Waals surface area contributed by atoms with Crippen molar-refractivity contribution in [1.29, 1.82) is 0 Å². The van der Waals surface area contributed by atoms with Gasteiger partial charge in [-0.1, -0.05) is 23.7 Å². The highest BCUT2D eigenvalue weighted by molar-refractivity contribution is 6.31. The number of halogens is 1. The highest BCUT2D eigenvalue weighted by Crippen LogP contribution is 2.40. The summed E-state index contributed by atoms with van der Waals surface area (Å²) in [4.78, 5) is 19.8. The molecule has 0 atom stereocenters. The average Bonchev–Trinajstić information content (AvgIpc) is 3.10. The van der Waals surface area contributed by atoms with E-state index in [4.69, 9.17) is 22.1 Å². The summed E-state index contributed by atoms with van der Waals surface area (Å²) in [5, 5.41) is 0.609. The van der Waals surface area contributed by atoms with Crippen LogP contribution in [-0.2, 0) is 11.8 Å². The van der Waals surface area contributed by atoms with Crippen LogP contribution in [0.25, 0.3) is 11.1 Å². The highest BCUT2D eigenvalue weighted by atomic mass is 35.5. The van der Waals surface area contributed by atoms with Gasteiger partial charge in [0.2, 0.25) is 5.95 Å². The Morgan fingerprint density at radius 2 is 2.00 bits per heavy atom. The summed E-state index contributed by atoms with van der Waals surface area (Å²) >= 11 is 6.23. The molecule has 7 heteroatoms. The van der Waals surface area contributed by atoms with Crippen molar-refractivity contribution in [2.45, 2.75) is 26.2 Å². The molecule has 0 bridgehead atoms. The van der Waals surface area contributed by atoms with E-state index in [1.165, 1.54) is 0 Å². The number of anilines is 2. The molecule has 2 aliphatic heterocycles. The second-order valence-electron chi connectivity index (χ2n) is 7.79. The quantitative estimate of drug-likeness (QED) is 0.856. The van der Waals surface area contributed by atoms with Crippen LogP contribution in [0.15, 0.2) is 23.0 Å². The standard InChI is InChI=1S/C20H25ClN4O2/c1-13-3-4-14(11-15(13)21)16-17(22)23-19(24(2)18(16)26)25-8-5-20(6-9-25)7-10-27-12-20/h3-4,11H,5-10,12,22H2,1-2H3. The van der Waals surface area contributed by atoms with Crippen molar-refractivity contribution in [3.8, 4) is 11.1 Å². The van der Waals surface area contributed by atoms with E-state index in [1.54, 1.807) is 17.7 Å². The lowest BCUT2D eigenvalue weighted by molar-refractivity contribution is 0.133. The molecule has 2 aromatic rings. The van der Waals surface area contributed by atoms with E-state index in [9.17, 15) is 4.79 Å². The van der Waals surface area contributed by atoms with Crippen LogP contribution in [0, 0.1) is 12.3 Å². The molecule has 0 aliphatic carbocycles. The van der Waals surface area contributed by atoms with E-state index in [0.29, 0.717) is 27.5 Å². The molecular weight excluding hydrogens is 364 g/mol. The number of rotatable bonds is 2. The molecule has 0 amide bonds. The van der Waals surface area contributed by atoms with Crippen LogP contribution >= 0.6 is 11.6 Å². The molecule has 144 valence electrons. The molecule has 2 N–H and O–H groups in total. The van der Waals surface area contributed by atoms with Crippen LogP contribution in [0.3, 0.4) is 0 Å². The van der Waals surface area contributed by atoms with Crippen LogP contribution in [-0.4, -0.2) is 35.9 Å². The zero-order chi connectivity index (χ0) is 19.2. The van der Waals surface area contributed by atoms with E-state index in [1.807, 2.05) is 19.1 Å². The first-order chi connectivity index (χ1) is 12.9. The van der Waals surface area contributed by atoms with Crippen molar-refractivity contribution in [2.75, 3.05) is 36.9 Å². The van der Waals surface area contributed by atoms with Crippen LogP contribution < -0.4 is 16.2 Å². The van der Waals surface area contributed by atoms with Gasteiger partial charge in [-0.2, -0.15) is 4.98 Å². The zero-order valence-corrected chi connectivity index (χ0v) is 16.6. The van der Waals surface area contributed by atoms with Gasteiger partial charge in [0.25, 0.3) is 5.56 Å². The Labute approximate surface area is 163 Å². The number of piperidine rings is 1. The minimum Gasteiger partial charge on any atom is -0.383 e. The fourth-order valence-electron chi connectivity index (χ4n) is 4.13. The van der Waals surface area contributed by atoms with Crippen LogP contribution in [0.1, 0.15) is 24.8 Å². The van der Waals surface area contributed by atoms with Gasteiger partial charge < -0.3 is 15.4 Å². The normalized spacial score (nSPS) is 19.0. The predicted octanol–water partition coefficient (Wildman–Crippen LogP) is 3.00. The fourth-order valence-corrected chi connectivity index (χ4v) is 4.31. The number of ether oxygens (including phenoxy) is 1. The van der Waals surface area contributed by atoms with E-state index in [0.717, 1.165) is 51.1 Å². The molecule has 0 unspecified atom stereocenters. The molecule has 0 radical (unpaired) electrons. The molecule has 3 heterocycles. The van der Waals surface area contributed by atoms with Crippen molar-refractivity contribution in [3.05, 3.63) is 39.1 Å².